The molecule has 0 radical (unpaired) electrons. The lowest BCUT2D eigenvalue weighted by molar-refractivity contribution is 0.614. The van der Waals surface area contributed by atoms with Crippen LogP contribution < -0.4 is 4.90 Å². The SMILES string of the molecule is c1ccc(N2C(c3ccc4c(c3)C3(c5ccccc5-c5ccccc53)c3cc(-c5nc6c7cccc8ccc9cccc(c9c87)c6n5-c5ccccc5)ccc3-4)=NC3c4cccc5ccc6cccc(c6c45)C32)cc1. The van der Waals surface area contributed by atoms with Crippen LogP contribution in [0.3, 0.4) is 0 Å². The Kier molecular flexibility index (Phi) is 7.62. The van der Waals surface area contributed by atoms with Crippen LogP contribution in [0.2, 0.25) is 0 Å². The van der Waals surface area contributed by atoms with Crippen LogP contribution in [-0.4, -0.2) is 15.4 Å². The smallest absolute Gasteiger partial charge is 0.145 e. The lowest BCUT2D eigenvalue weighted by atomic mass is 9.70. The summed E-state index contributed by atoms with van der Waals surface area (Å²) in [5.74, 6) is 1.92. The Bertz CT molecular complexity index is 4810. The third-order valence-corrected chi connectivity index (χ3v) is 17.6. The maximum absolute atomic E-state index is 5.93. The summed E-state index contributed by atoms with van der Waals surface area (Å²) in [6, 6.07) is 90.6. The predicted octanol–water partition coefficient (Wildman–Crippen LogP) is 17.3. The van der Waals surface area contributed by atoms with Crippen LogP contribution in [0.4, 0.5) is 5.69 Å². The molecule has 2 unspecified atom stereocenters. The summed E-state index contributed by atoms with van der Waals surface area (Å²) >= 11 is 0. The van der Waals surface area contributed by atoms with Crippen LogP contribution in [0.5, 0.6) is 0 Å². The van der Waals surface area contributed by atoms with Gasteiger partial charge in [0.1, 0.15) is 17.7 Å². The number of aliphatic imine (C=N–C) groups is 1. The topological polar surface area (TPSA) is 33.4 Å². The first-order valence-electron chi connectivity index (χ1n) is 26.2. The van der Waals surface area contributed by atoms with Gasteiger partial charge >= 0.3 is 0 Å². The summed E-state index contributed by atoms with van der Waals surface area (Å²) in [4.78, 5) is 14.3. The lowest BCUT2D eigenvalue weighted by Crippen LogP contribution is -2.33. The Labute approximate surface area is 432 Å². The van der Waals surface area contributed by atoms with Gasteiger partial charge in [0, 0.05) is 33.3 Å². The van der Waals surface area contributed by atoms with E-state index in [1.54, 1.807) is 0 Å². The maximum atomic E-state index is 5.93. The van der Waals surface area contributed by atoms with Gasteiger partial charge in [-0.2, -0.15) is 0 Å². The molecule has 2 heterocycles. The van der Waals surface area contributed by atoms with Gasteiger partial charge in [-0.3, -0.25) is 9.56 Å². The second kappa shape index (κ2) is 14.3. The molecule has 4 aliphatic rings. The molecule has 3 aliphatic carbocycles. The molecule has 0 fully saturated rings. The molecule has 1 aromatic heterocycles. The second-order valence-electron chi connectivity index (χ2n) is 21.0. The van der Waals surface area contributed by atoms with Crippen molar-refractivity contribution in [3.05, 3.63) is 282 Å². The monoisotopic (exact) mass is 950 g/mol. The van der Waals surface area contributed by atoms with Gasteiger partial charge in [-0.05, 0) is 135 Å². The van der Waals surface area contributed by atoms with Crippen LogP contribution in [0.15, 0.2) is 248 Å². The molecule has 0 saturated carbocycles. The minimum absolute atomic E-state index is 0.0209. The summed E-state index contributed by atoms with van der Waals surface area (Å²) in [5.41, 5.74) is 18.7. The van der Waals surface area contributed by atoms with E-state index in [4.69, 9.17) is 9.98 Å². The fourth-order valence-corrected chi connectivity index (χ4v) is 14.7. The standard InChI is InChI=1S/C71H42N4/c1-3-19-47(20-4-1)74-67-55-27-13-17-43-33-31-41-15-11-25-53(61(41)63(43)55)65(67)72-69(74)45-35-37-51-52-38-36-46(40-60(52)71(59(51)39-45)57-29-9-7-23-49(57)50-24-8-10-30-58(50)71)70-73-66-54-26-12-16-42-32-34-44-18-14-28-56(64(44)62(42)54)68(66)75(70)48-21-5-2-6-22-48/h1-40,65,67H. The van der Waals surface area contributed by atoms with Crippen molar-refractivity contribution in [3.8, 4) is 39.3 Å². The minimum atomic E-state index is -0.627. The molecule has 4 heteroatoms. The molecule has 0 N–H and O–H groups in total. The molecule has 18 rings (SSSR count). The largest absolute Gasteiger partial charge is 0.316 e. The fraction of sp³-hybridized carbons (Fsp3) is 0.0423. The number of aromatic nitrogens is 2. The number of fused-ring (bicyclic) bond motifs is 16. The molecule has 75 heavy (non-hydrogen) atoms. The van der Waals surface area contributed by atoms with Gasteiger partial charge in [0.15, 0.2) is 0 Å². The number of hydrogen-bond donors (Lipinski definition) is 0. The van der Waals surface area contributed by atoms with E-state index in [0.717, 1.165) is 45.2 Å². The highest BCUT2D eigenvalue weighted by molar-refractivity contribution is 6.33. The molecule has 14 aromatic rings. The Morgan fingerprint density at radius 1 is 0.373 bits per heavy atom. The van der Waals surface area contributed by atoms with Gasteiger partial charge in [-0.15, -0.1) is 0 Å². The summed E-state index contributed by atoms with van der Waals surface area (Å²) in [6.07, 6.45) is 0. The highest BCUT2D eigenvalue weighted by Crippen LogP contribution is 2.64. The summed E-state index contributed by atoms with van der Waals surface area (Å²) in [5, 5.41) is 12.6. The molecule has 4 nitrogen and oxygen atoms in total. The van der Waals surface area contributed by atoms with Gasteiger partial charge < -0.3 is 4.90 Å². The van der Waals surface area contributed by atoms with Crippen LogP contribution in [0.1, 0.15) is 51.0 Å². The van der Waals surface area contributed by atoms with Gasteiger partial charge in [0.25, 0.3) is 0 Å². The van der Waals surface area contributed by atoms with Crippen molar-refractivity contribution in [2.75, 3.05) is 4.90 Å². The summed E-state index contributed by atoms with van der Waals surface area (Å²) < 4.78 is 2.43. The number of rotatable bonds is 4. The number of anilines is 1. The van der Waals surface area contributed by atoms with E-state index < -0.39 is 5.41 Å². The average Bonchev–Trinajstić information content (AvgIpc) is 4.33. The zero-order chi connectivity index (χ0) is 48.7. The lowest BCUT2D eigenvalue weighted by Gasteiger charge is -2.35. The van der Waals surface area contributed by atoms with Crippen LogP contribution in [-0.2, 0) is 5.41 Å². The van der Waals surface area contributed by atoms with Gasteiger partial charge in [0.2, 0.25) is 0 Å². The van der Waals surface area contributed by atoms with E-state index in [2.05, 4.69) is 252 Å². The fourth-order valence-electron chi connectivity index (χ4n) is 14.7. The summed E-state index contributed by atoms with van der Waals surface area (Å²) in [7, 11) is 0. The Hall–Kier alpha value is -9.64. The maximum Gasteiger partial charge on any atom is 0.145 e. The Morgan fingerprint density at radius 3 is 1.55 bits per heavy atom. The first kappa shape index (κ1) is 39.9. The van der Waals surface area contributed by atoms with Gasteiger partial charge in [-0.25, -0.2) is 4.98 Å². The number of hydrogen-bond acceptors (Lipinski definition) is 3. The minimum Gasteiger partial charge on any atom is -0.316 e. The van der Waals surface area contributed by atoms with Crippen LogP contribution in [0.25, 0.3) is 104 Å². The quantitative estimate of drug-likeness (QED) is 0.165. The number of imidazole rings is 1. The number of benzene rings is 13. The van der Waals surface area contributed by atoms with Crippen molar-refractivity contribution in [2.45, 2.75) is 17.5 Å². The number of nitrogens with zero attached hydrogens (tertiary/aromatic N) is 4. The van der Waals surface area contributed by atoms with Gasteiger partial charge in [0.05, 0.1) is 22.5 Å². The van der Waals surface area contributed by atoms with Gasteiger partial charge in [-0.1, -0.05) is 206 Å². The molecule has 2 atom stereocenters. The Morgan fingerprint density at radius 2 is 0.880 bits per heavy atom. The normalized spacial score (nSPS) is 16.4. The van der Waals surface area contributed by atoms with Crippen molar-refractivity contribution in [1.82, 2.24) is 9.55 Å². The zero-order valence-corrected chi connectivity index (χ0v) is 40.5. The highest BCUT2D eigenvalue weighted by Gasteiger charge is 2.53. The number of amidine groups is 1. The van der Waals surface area contributed by atoms with E-state index in [1.165, 1.54) is 109 Å². The van der Waals surface area contributed by atoms with Crippen molar-refractivity contribution in [1.29, 1.82) is 0 Å². The molecule has 1 aliphatic heterocycles. The molecule has 346 valence electrons. The van der Waals surface area contributed by atoms with E-state index in [-0.39, 0.29) is 12.1 Å². The third kappa shape index (κ3) is 4.97. The van der Waals surface area contributed by atoms with E-state index in [9.17, 15) is 0 Å². The van der Waals surface area contributed by atoms with Crippen molar-refractivity contribution >= 4 is 76.4 Å². The predicted molar refractivity (Wildman–Crippen MR) is 309 cm³/mol. The molecular formula is C71H42N4. The van der Waals surface area contributed by atoms with E-state index >= 15 is 0 Å². The van der Waals surface area contributed by atoms with Crippen molar-refractivity contribution in [2.24, 2.45) is 4.99 Å². The average molecular weight is 951 g/mol. The van der Waals surface area contributed by atoms with Crippen molar-refractivity contribution in [3.63, 3.8) is 0 Å². The zero-order valence-electron chi connectivity index (χ0n) is 40.5. The molecule has 13 aromatic carbocycles. The molecular weight excluding hydrogens is 909 g/mol. The van der Waals surface area contributed by atoms with Crippen LogP contribution in [0, 0.1) is 0 Å². The second-order valence-corrected chi connectivity index (χ2v) is 21.0. The number of para-hydroxylation sites is 2. The third-order valence-electron chi connectivity index (χ3n) is 17.6. The first-order chi connectivity index (χ1) is 37.2. The highest BCUT2D eigenvalue weighted by atomic mass is 15.3. The molecule has 0 bridgehead atoms. The van der Waals surface area contributed by atoms with Crippen molar-refractivity contribution < 1.29 is 0 Å². The first-order valence-corrected chi connectivity index (χ1v) is 26.2. The van der Waals surface area contributed by atoms with Crippen LogP contribution >= 0.6 is 0 Å². The molecule has 0 amide bonds. The molecule has 0 saturated heterocycles. The summed E-state index contributed by atoms with van der Waals surface area (Å²) in [6.45, 7) is 0. The molecule has 1 spiro atoms. The van der Waals surface area contributed by atoms with E-state index in [1.807, 2.05) is 0 Å². The van der Waals surface area contributed by atoms with E-state index in [0.29, 0.717) is 0 Å². The Balaban J connectivity index is 0.901.